The van der Waals surface area contributed by atoms with Gasteiger partial charge in [-0.3, -0.25) is 9.67 Å². The Morgan fingerprint density at radius 1 is 1.62 bits per heavy atom. The molecule has 0 bridgehead atoms. The van der Waals surface area contributed by atoms with Gasteiger partial charge in [-0.2, -0.15) is 5.10 Å². The maximum absolute atomic E-state index is 9.80. The third-order valence-electron chi connectivity index (χ3n) is 1.71. The molecule has 0 aromatic carbocycles. The molecule has 0 radical (unpaired) electrons. The van der Waals surface area contributed by atoms with E-state index in [-0.39, 0.29) is 0 Å². The molecule has 1 N–H and O–H groups in total. The van der Waals surface area contributed by atoms with Crippen LogP contribution in [0.15, 0.2) is 18.0 Å². The molecule has 2 rings (SSSR count). The molecule has 0 spiro atoms. The Bertz CT molecular complexity index is 383. The van der Waals surface area contributed by atoms with Crippen molar-refractivity contribution in [3.63, 3.8) is 0 Å². The molecule has 1 unspecified atom stereocenters. The molecule has 0 saturated carbocycles. The average Bonchev–Trinajstić information content (AvgIpc) is 2.72. The van der Waals surface area contributed by atoms with Crippen LogP contribution in [0.4, 0.5) is 0 Å². The summed E-state index contributed by atoms with van der Waals surface area (Å²) in [5, 5.41) is 13.7. The van der Waals surface area contributed by atoms with E-state index in [1.54, 1.807) is 23.4 Å². The van der Waals surface area contributed by atoms with Gasteiger partial charge in [0.25, 0.3) is 0 Å². The zero-order valence-corrected chi connectivity index (χ0v) is 7.77. The fourth-order valence-electron chi connectivity index (χ4n) is 1.04. The first kappa shape index (κ1) is 8.33. The van der Waals surface area contributed by atoms with Gasteiger partial charge in [0, 0.05) is 13.2 Å². The van der Waals surface area contributed by atoms with Gasteiger partial charge in [-0.25, -0.2) is 4.98 Å². The fraction of sp³-hybridized carbons (Fsp3) is 0.286. The van der Waals surface area contributed by atoms with Crippen LogP contribution in [-0.4, -0.2) is 24.9 Å². The first-order valence-electron chi connectivity index (χ1n) is 3.69. The lowest BCUT2D eigenvalue weighted by molar-refractivity contribution is 0.208. The molecule has 0 aliphatic carbocycles. The lowest BCUT2D eigenvalue weighted by Gasteiger charge is -2.05. The van der Waals surface area contributed by atoms with Gasteiger partial charge in [-0.05, 0) is 0 Å². The van der Waals surface area contributed by atoms with Crippen molar-refractivity contribution in [1.29, 1.82) is 0 Å². The summed E-state index contributed by atoms with van der Waals surface area (Å²) in [5.41, 5.74) is 1.68. The Balaban J connectivity index is 2.33. The molecule has 0 aliphatic rings. The number of rotatable bonds is 2. The normalized spacial score (nSPS) is 13.1. The summed E-state index contributed by atoms with van der Waals surface area (Å²) >= 11 is 1.40. The third kappa shape index (κ3) is 1.45. The zero-order chi connectivity index (χ0) is 9.26. The van der Waals surface area contributed by atoms with E-state index in [1.807, 2.05) is 0 Å². The SMILES string of the molecule is Cn1ncnc1C(O)c1cncs1. The van der Waals surface area contributed by atoms with Crippen LogP contribution in [0.5, 0.6) is 0 Å². The Morgan fingerprint density at radius 2 is 2.46 bits per heavy atom. The van der Waals surface area contributed by atoms with Gasteiger partial charge in [-0.15, -0.1) is 11.3 Å². The monoisotopic (exact) mass is 196 g/mol. The Labute approximate surface area is 78.7 Å². The highest BCUT2D eigenvalue weighted by molar-refractivity contribution is 7.09. The average molecular weight is 196 g/mol. The van der Waals surface area contributed by atoms with Gasteiger partial charge >= 0.3 is 0 Å². The quantitative estimate of drug-likeness (QED) is 0.753. The van der Waals surface area contributed by atoms with E-state index in [2.05, 4.69) is 15.1 Å². The number of aliphatic hydroxyl groups excluding tert-OH is 1. The summed E-state index contributed by atoms with van der Waals surface area (Å²) in [7, 11) is 1.74. The number of aryl methyl sites for hydroxylation is 1. The van der Waals surface area contributed by atoms with E-state index >= 15 is 0 Å². The lowest BCUT2D eigenvalue weighted by Crippen LogP contribution is -2.06. The van der Waals surface area contributed by atoms with E-state index in [1.165, 1.54) is 17.7 Å². The van der Waals surface area contributed by atoms with Gasteiger partial charge in [0.05, 0.1) is 10.4 Å². The number of aromatic nitrogens is 4. The third-order valence-corrected chi connectivity index (χ3v) is 2.54. The second kappa shape index (κ2) is 3.23. The predicted octanol–water partition coefficient (Wildman–Crippen LogP) is 0.353. The van der Waals surface area contributed by atoms with E-state index in [9.17, 15) is 5.11 Å². The largest absolute Gasteiger partial charge is 0.379 e. The van der Waals surface area contributed by atoms with Crippen LogP contribution in [0.3, 0.4) is 0 Å². The van der Waals surface area contributed by atoms with Crippen molar-refractivity contribution in [2.45, 2.75) is 6.10 Å². The van der Waals surface area contributed by atoms with Crippen LogP contribution in [0.1, 0.15) is 16.8 Å². The second-order valence-electron chi connectivity index (χ2n) is 2.55. The molecule has 1 atom stereocenters. The molecule has 0 amide bonds. The molecule has 13 heavy (non-hydrogen) atoms. The molecule has 2 aromatic rings. The van der Waals surface area contributed by atoms with Crippen LogP contribution >= 0.6 is 11.3 Å². The van der Waals surface area contributed by atoms with Crippen molar-refractivity contribution < 1.29 is 5.11 Å². The van der Waals surface area contributed by atoms with Crippen LogP contribution in [0, 0.1) is 0 Å². The minimum Gasteiger partial charge on any atom is -0.379 e. The summed E-state index contributed by atoms with van der Waals surface area (Å²) < 4.78 is 1.55. The van der Waals surface area contributed by atoms with Gasteiger partial charge in [0.1, 0.15) is 12.4 Å². The molecular weight excluding hydrogens is 188 g/mol. The minimum atomic E-state index is -0.722. The summed E-state index contributed by atoms with van der Waals surface area (Å²) in [6.07, 6.45) is 2.32. The molecule has 0 fully saturated rings. The van der Waals surface area contributed by atoms with Crippen LogP contribution in [0.2, 0.25) is 0 Å². The highest BCUT2D eigenvalue weighted by Crippen LogP contribution is 2.21. The van der Waals surface area contributed by atoms with Gasteiger partial charge in [-0.1, -0.05) is 0 Å². The standard InChI is InChI=1S/C7H8N4OS/c1-11-7(9-3-10-11)6(12)5-2-8-4-13-5/h2-4,6,12H,1H3. The summed E-state index contributed by atoms with van der Waals surface area (Å²) in [5.74, 6) is 0.532. The van der Waals surface area contributed by atoms with Crippen molar-refractivity contribution in [1.82, 2.24) is 19.7 Å². The highest BCUT2D eigenvalue weighted by atomic mass is 32.1. The maximum Gasteiger partial charge on any atom is 0.161 e. The van der Waals surface area contributed by atoms with Gasteiger partial charge in [0.2, 0.25) is 0 Å². The fourth-order valence-corrected chi connectivity index (χ4v) is 1.64. The topological polar surface area (TPSA) is 63.8 Å². The number of nitrogens with zero attached hydrogens (tertiary/aromatic N) is 4. The van der Waals surface area contributed by atoms with Gasteiger partial charge < -0.3 is 5.11 Å². The molecular formula is C7H8N4OS. The van der Waals surface area contributed by atoms with E-state index in [0.29, 0.717) is 5.82 Å². The lowest BCUT2D eigenvalue weighted by atomic mass is 10.3. The predicted molar refractivity (Wildman–Crippen MR) is 47.2 cm³/mol. The Kier molecular flexibility index (Phi) is 2.07. The van der Waals surface area contributed by atoms with Crippen LogP contribution in [-0.2, 0) is 7.05 Å². The van der Waals surface area contributed by atoms with Crippen molar-refractivity contribution in [3.05, 3.63) is 28.7 Å². The van der Waals surface area contributed by atoms with E-state index < -0.39 is 6.10 Å². The Morgan fingerprint density at radius 3 is 3.00 bits per heavy atom. The number of aliphatic hydroxyl groups is 1. The molecule has 2 aromatic heterocycles. The van der Waals surface area contributed by atoms with Crippen molar-refractivity contribution >= 4 is 11.3 Å². The molecule has 2 heterocycles. The second-order valence-corrected chi connectivity index (χ2v) is 3.47. The first-order chi connectivity index (χ1) is 6.29. The summed E-state index contributed by atoms with van der Waals surface area (Å²) in [6, 6.07) is 0. The maximum atomic E-state index is 9.80. The number of thiazole rings is 1. The van der Waals surface area contributed by atoms with Crippen molar-refractivity contribution in [2.24, 2.45) is 7.05 Å². The molecule has 0 aliphatic heterocycles. The molecule has 0 saturated heterocycles. The zero-order valence-electron chi connectivity index (χ0n) is 6.95. The van der Waals surface area contributed by atoms with Crippen LogP contribution < -0.4 is 0 Å². The summed E-state index contributed by atoms with van der Waals surface area (Å²) in [4.78, 5) is 8.61. The minimum absolute atomic E-state index is 0.532. The van der Waals surface area contributed by atoms with Crippen LogP contribution in [0.25, 0.3) is 0 Å². The van der Waals surface area contributed by atoms with Crippen molar-refractivity contribution in [3.8, 4) is 0 Å². The molecule has 6 heteroatoms. The molecule has 5 nitrogen and oxygen atoms in total. The molecule has 68 valence electrons. The van der Waals surface area contributed by atoms with Gasteiger partial charge in [0.15, 0.2) is 5.82 Å². The Hall–Kier alpha value is -1.27. The van der Waals surface area contributed by atoms with E-state index in [0.717, 1.165) is 4.88 Å². The van der Waals surface area contributed by atoms with E-state index in [4.69, 9.17) is 0 Å². The summed E-state index contributed by atoms with van der Waals surface area (Å²) in [6.45, 7) is 0. The number of hydrogen-bond donors (Lipinski definition) is 1. The number of hydrogen-bond acceptors (Lipinski definition) is 5. The van der Waals surface area contributed by atoms with Crippen molar-refractivity contribution in [2.75, 3.05) is 0 Å². The highest BCUT2D eigenvalue weighted by Gasteiger charge is 2.16. The smallest absolute Gasteiger partial charge is 0.161 e. The first-order valence-corrected chi connectivity index (χ1v) is 4.57.